The van der Waals surface area contributed by atoms with Gasteiger partial charge in [0.05, 0.1) is 11.5 Å². The number of benzene rings is 1. The zero-order chi connectivity index (χ0) is 14.8. The standard InChI is InChI=1S/C16H22N2O3/c1-2-21-16-9-14(5-6-15(16)18(19)20)17-10-13-8-11-3-4-12(13)7-11/h5-6,9,11-13,17H,2-4,7-8,10H2,1H3. The zero-order valence-corrected chi connectivity index (χ0v) is 12.4. The van der Waals surface area contributed by atoms with Gasteiger partial charge >= 0.3 is 5.69 Å². The second-order valence-electron chi connectivity index (χ2n) is 6.19. The van der Waals surface area contributed by atoms with Crippen molar-refractivity contribution in [3.8, 4) is 5.75 Å². The van der Waals surface area contributed by atoms with Gasteiger partial charge in [0.1, 0.15) is 0 Å². The molecule has 1 aromatic carbocycles. The van der Waals surface area contributed by atoms with Gasteiger partial charge in [0.25, 0.3) is 0 Å². The molecule has 5 heteroatoms. The van der Waals surface area contributed by atoms with Crippen LogP contribution in [0.3, 0.4) is 0 Å². The molecule has 1 N–H and O–H groups in total. The Kier molecular flexibility index (Phi) is 3.99. The van der Waals surface area contributed by atoms with E-state index >= 15 is 0 Å². The highest BCUT2D eigenvalue weighted by molar-refractivity contribution is 5.58. The lowest BCUT2D eigenvalue weighted by molar-refractivity contribution is -0.385. The molecule has 0 aliphatic heterocycles. The summed E-state index contributed by atoms with van der Waals surface area (Å²) in [6.45, 7) is 3.22. The molecular formula is C16H22N2O3. The van der Waals surface area contributed by atoms with Crippen molar-refractivity contribution in [3.05, 3.63) is 28.3 Å². The van der Waals surface area contributed by atoms with Crippen LogP contribution in [0.4, 0.5) is 11.4 Å². The van der Waals surface area contributed by atoms with Crippen LogP contribution in [-0.2, 0) is 0 Å². The molecule has 5 nitrogen and oxygen atoms in total. The molecule has 21 heavy (non-hydrogen) atoms. The summed E-state index contributed by atoms with van der Waals surface area (Å²) in [5, 5.41) is 14.4. The lowest BCUT2D eigenvalue weighted by Crippen LogP contribution is -2.20. The molecule has 2 saturated carbocycles. The maximum absolute atomic E-state index is 11.0. The Morgan fingerprint density at radius 2 is 2.24 bits per heavy atom. The van der Waals surface area contributed by atoms with Gasteiger partial charge in [0, 0.05) is 24.4 Å². The molecule has 2 aliphatic carbocycles. The fraction of sp³-hybridized carbons (Fsp3) is 0.625. The molecule has 0 saturated heterocycles. The van der Waals surface area contributed by atoms with E-state index in [4.69, 9.17) is 4.74 Å². The first-order valence-electron chi connectivity index (χ1n) is 7.82. The summed E-state index contributed by atoms with van der Waals surface area (Å²) in [6, 6.07) is 5.04. The van der Waals surface area contributed by atoms with E-state index in [9.17, 15) is 10.1 Å². The maximum atomic E-state index is 11.0. The maximum Gasteiger partial charge on any atom is 0.311 e. The fourth-order valence-electron chi connectivity index (χ4n) is 3.92. The number of nitro benzene ring substituents is 1. The summed E-state index contributed by atoms with van der Waals surface area (Å²) < 4.78 is 5.38. The van der Waals surface area contributed by atoms with E-state index in [2.05, 4.69) is 5.32 Å². The number of anilines is 1. The first-order chi connectivity index (χ1) is 10.2. The Bertz CT molecular complexity index is 532. The van der Waals surface area contributed by atoms with Crippen LogP contribution >= 0.6 is 0 Å². The Morgan fingerprint density at radius 3 is 2.86 bits per heavy atom. The predicted molar refractivity (Wildman–Crippen MR) is 81.7 cm³/mol. The Morgan fingerprint density at radius 1 is 1.38 bits per heavy atom. The number of fused-ring (bicyclic) bond motifs is 2. The average molecular weight is 290 g/mol. The van der Waals surface area contributed by atoms with Crippen LogP contribution in [0.5, 0.6) is 5.75 Å². The van der Waals surface area contributed by atoms with Gasteiger partial charge in [0.2, 0.25) is 0 Å². The van der Waals surface area contributed by atoms with Gasteiger partial charge in [-0.25, -0.2) is 0 Å². The molecule has 114 valence electrons. The molecule has 1 aromatic rings. The number of ether oxygens (including phenoxy) is 1. The minimum atomic E-state index is -0.398. The van der Waals surface area contributed by atoms with Crippen molar-refractivity contribution in [1.82, 2.24) is 0 Å². The SMILES string of the molecule is CCOc1cc(NCC2CC3CCC2C3)ccc1[N+](=O)[O-]. The van der Waals surface area contributed by atoms with Crippen LogP contribution in [-0.4, -0.2) is 18.1 Å². The molecule has 2 bridgehead atoms. The van der Waals surface area contributed by atoms with Crippen molar-refractivity contribution in [3.63, 3.8) is 0 Å². The molecule has 2 fully saturated rings. The average Bonchev–Trinajstić information content (AvgIpc) is 3.08. The van der Waals surface area contributed by atoms with Gasteiger partial charge in [-0.1, -0.05) is 6.42 Å². The fourth-order valence-corrected chi connectivity index (χ4v) is 3.92. The smallest absolute Gasteiger partial charge is 0.311 e. The Balaban J connectivity index is 1.65. The first-order valence-corrected chi connectivity index (χ1v) is 7.82. The molecule has 2 aliphatic rings. The highest BCUT2D eigenvalue weighted by Crippen LogP contribution is 2.48. The lowest BCUT2D eigenvalue weighted by Gasteiger charge is -2.22. The molecular weight excluding hydrogens is 268 g/mol. The third-order valence-electron chi connectivity index (χ3n) is 4.91. The van der Waals surface area contributed by atoms with Gasteiger partial charge in [0.15, 0.2) is 5.75 Å². The van der Waals surface area contributed by atoms with Crippen molar-refractivity contribution in [1.29, 1.82) is 0 Å². The molecule has 0 spiro atoms. The van der Waals surface area contributed by atoms with E-state index in [1.807, 2.05) is 6.92 Å². The predicted octanol–water partition coefficient (Wildman–Crippen LogP) is 3.84. The number of rotatable bonds is 6. The molecule has 3 atom stereocenters. The van der Waals surface area contributed by atoms with E-state index in [-0.39, 0.29) is 5.69 Å². The first kappa shape index (κ1) is 14.2. The van der Waals surface area contributed by atoms with E-state index in [0.717, 1.165) is 30.0 Å². The summed E-state index contributed by atoms with van der Waals surface area (Å²) in [4.78, 5) is 10.6. The van der Waals surface area contributed by atoms with Crippen LogP contribution in [0.2, 0.25) is 0 Å². The van der Waals surface area contributed by atoms with Crippen LogP contribution in [0, 0.1) is 27.9 Å². The van der Waals surface area contributed by atoms with Crippen LogP contribution < -0.4 is 10.1 Å². The minimum Gasteiger partial charge on any atom is -0.487 e. The van der Waals surface area contributed by atoms with Crippen LogP contribution in [0.25, 0.3) is 0 Å². The molecule has 0 radical (unpaired) electrons. The third-order valence-corrected chi connectivity index (χ3v) is 4.91. The molecule has 0 aromatic heterocycles. The third kappa shape index (κ3) is 2.96. The zero-order valence-electron chi connectivity index (χ0n) is 12.4. The Hall–Kier alpha value is -1.78. The normalized spacial score (nSPS) is 26.8. The van der Waals surface area contributed by atoms with E-state index < -0.39 is 4.92 Å². The summed E-state index contributed by atoms with van der Waals surface area (Å²) in [5.41, 5.74) is 0.939. The highest BCUT2D eigenvalue weighted by atomic mass is 16.6. The highest BCUT2D eigenvalue weighted by Gasteiger charge is 2.39. The van der Waals surface area contributed by atoms with Crippen LogP contribution in [0.1, 0.15) is 32.6 Å². The summed E-state index contributed by atoms with van der Waals surface area (Å²) in [7, 11) is 0. The number of nitrogens with zero attached hydrogens (tertiary/aromatic N) is 1. The summed E-state index contributed by atoms with van der Waals surface area (Å²) in [5.74, 6) is 2.93. The number of nitrogens with one attached hydrogen (secondary N) is 1. The lowest BCUT2D eigenvalue weighted by atomic mass is 9.89. The summed E-state index contributed by atoms with van der Waals surface area (Å²) >= 11 is 0. The second-order valence-corrected chi connectivity index (χ2v) is 6.19. The van der Waals surface area contributed by atoms with Crippen molar-refractivity contribution in [2.24, 2.45) is 17.8 Å². The number of nitro groups is 1. The van der Waals surface area contributed by atoms with Crippen molar-refractivity contribution < 1.29 is 9.66 Å². The number of hydrogen-bond donors (Lipinski definition) is 1. The van der Waals surface area contributed by atoms with E-state index in [1.165, 1.54) is 31.7 Å². The summed E-state index contributed by atoms with van der Waals surface area (Å²) in [6.07, 6.45) is 5.52. The Labute approximate surface area is 124 Å². The van der Waals surface area contributed by atoms with Crippen molar-refractivity contribution in [2.45, 2.75) is 32.6 Å². The van der Waals surface area contributed by atoms with Crippen LogP contribution in [0.15, 0.2) is 18.2 Å². The molecule has 0 heterocycles. The van der Waals surface area contributed by atoms with Gasteiger partial charge in [-0.15, -0.1) is 0 Å². The molecule has 0 amide bonds. The van der Waals surface area contributed by atoms with Crippen molar-refractivity contribution >= 4 is 11.4 Å². The van der Waals surface area contributed by atoms with Gasteiger partial charge in [-0.3, -0.25) is 10.1 Å². The van der Waals surface area contributed by atoms with Gasteiger partial charge < -0.3 is 10.1 Å². The second kappa shape index (κ2) is 5.92. The minimum absolute atomic E-state index is 0.0299. The topological polar surface area (TPSA) is 64.4 Å². The van der Waals surface area contributed by atoms with E-state index in [0.29, 0.717) is 12.4 Å². The van der Waals surface area contributed by atoms with E-state index in [1.54, 1.807) is 12.1 Å². The van der Waals surface area contributed by atoms with Gasteiger partial charge in [-0.05, 0) is 50.0 Å². The number of hydrogen-bond acceptors (Lipinski definition) is 4. The largest absolute Gasteiger partial charge is 0.487 e. The molecule has 3 rings (SSSR count). The molecule has 3 unspecified atom stereocenters. The monoisotopic (exact) mass is 290 g/mol. The quantitative estimate of drug-likeness (QED) is 0.638. The van der Waals surface area contributed by atoms with Crippen molar-refractivity contribution in [2.75, 3.05) is 18.5 Å². The van der Waals surface area contributed by atoms with Gasteiger partial charge in [-0.2, -0.15) is 0 Å².